The van der Waals surface area contributed by atoms with Gasteiger partial charge in [0.1, 0.15) is 0 Å². The van der Waals surface area contributed by atoms with Gasteiger partial charge in [-0.3, -0.25) is 0 Å². The zero-order chi connectivity index (χ0) is 27.9. The van der Waals surface area contributed by atoms with E-state index in [0.29, 0.717) is 17.5 Å². The van der Waals surface area contributed by atoms with Gasteiger partial charge in [-0.2, -0.15) is 0 Å². The predicted molar refractivity (Wildman–Crippen MR) is 174 cm³/mol. The first-order chi connectivity index (χ1) is 20.8. The van der Waals surface area contributed by atoms with E-state index in [9.17, 15) is 0 Å². The van der Waals surface area contributed by atoms with E-state index in [0.717, 1.165) is 22.1 Å². The van der Waals surface area contributed by atoms with Crippen LogP contribution in [0.2, 0.25) is 0 Å². The van der Waals surface area contributed by atoms with E-state index in [4.69, 9.17) is 15.0 Å². The monoisotopic (exact) mass is 535 g/mol. The molecule has 0 fully saturated rings. The summed E-state index contributed by atoms with van der Waals surface area (Å²) in [7, 11) is 0. The Balaban J connectivity index is 1.25. The molecule has 1 heterocycles. The van der Waals surface area contributed by atoms with Crippen LogP contribution in [-0.2, 0) is 0 Å². The summed E-state index contributed by atoms with van der Waals surface area (Å²) in [5.74, 6) is 1.99. The van der Waals surface area contributed by atoms with Crippen molar-refractivity contribution in [3.8, 4) is 45.3 Å². The molecule has 8 aromatic rings. The average Bonchev–Trinajstić information content (AvgIpc) is 3.08. The second-order valence-electron chi connectivity index (χ2n) is 10.5. The zero-order valence-corrected chi connectivity index (χ0v) is 22.8. The fourth-order valence-corrected chi connectivity index (χ4v) is 5.78. The van der Waals surface area contributed by atoms with Crippen molar-refractivity contribution in [3.63, 3.8) is 0 Å². The van der Waals surface area contributed by atoms with Gasteiger partial charge in [-0.25, -0.2) is 15.0 Å². The molecule has 1 aromatic heterocycles. The van der Waals surface area contributed by atoms with E-state index in [1.807, 2.05) is 60.7 Å². The fourth-order valence-electron chi connectivity index (χ4n) is 5.78. The summed E-state index contributed by atoms with van der Waals surface area (Å²) in [6.07, 6.45) is 0. The lowest BCUT2D eigenvalue weighted by Crippen LogP contribution is -2.00. The molecular weight excluding hydrogens is 510 g/mol. The standard InChI is InChI=1S/C39H25N3/c1-3-11-26(12-4-1)37-40-38(27-13-5-2-6-14-27)42-39(41-37)32-22-20-28-23-31(21-19-29(28)24-32)36-25-30-15-7-8-16-33(30)34-17-9-10-18-35(34)36/h1-25H. The molecule has 3 nitrogen and oxygen atoms in total. The topological polar surface area (TPSA) is 38.7 Å². The number of benzene rings is 7. The second-order valence-corrected chi connectivity index (χ2v) is 10.5. The van der Waals surface area contributed by atoms with Crippen LogP contribution in [0.5, 0.6) is 0 Å². The molecule has 0 radical (unpaired) electrons. The number of aromatic nitrogens is 3. The molecule has 0 bridgehead atoms. The summed E-state index contributed by atoms with van der Waals surface area (Å²) >= 11 is 0. The number of hydrogen-bond acceptors (Lipinski definition) is 3. The maximum absolute atomic E-state index is 4.91. The number of hydrogen-bond donors (Lipinski definition) is 0. The minimum atomic E-state index is 0.661. The van der Waals surface area contributed by atoms with Gasteiger partial charge >= 0.3 is 0 Å². The van der Waals surface area contributed by atoms with Crippen LogP contribution >= 0.6 is 0 Å². The summed E-state index contributed by atoms with van der Waals surface area (Å²) < 4.78 is 0. The van der Waals surface area contributed by atoms with Crippen LogP contribution in [0.1, 0.15) is 0 Å². The Morgan fingerprint density at radius 1 is 0.286 bits per heavy atom. The molecule has 0 saturated carbocycles. The summed E-state index contributed by atoms with van der Waals surface area (Å²) in [6.45, 7) is 0. The molecule has 3 heteroatoms. The fraction of sp³-hybridized carbons (Fsp3) is 0. The maximum Gasteiger partial charge on any atom is 0.164 e. The smallest absolute Gasteiger partial charge is 0.164 e. The van der Waals surface area contributed by atoms with Gasteiger partial charge in [0.05, 0.1) is 0 Å². The third kappa shape index (κ3) is 4.29. The molecule has 0 aliphatic heterocycles. The largest absolute Gasteiger partial charge is 0.208 e. The maximum atomic E-state index is 4.91. The van der Waals surface area contributed by atoms with E-state index < -0.39 is 0 Å². The zero-order valence-electron chi connectivity index (χ0n) is 22.8. The summed E-state index contributed by atoms with van der Waals surface area (Å²) in [4.78, 5) is 14.7. The van der Waals surface area contributed by atoms with E-state index in [-0.39, 0.29) is 0 Å². The first kappa shape index (κ1) is 24.2. The average molecular weight is 536 g/mol. The Morgan fingerprint density at radius 3 is 1.40 bits per heavy atom. The van der Waals surface area contributed by atoms with Crippen molar-refractivity contribution < 1.29 is 0 Å². The molecule has 0 aliphatic rings. The van der Waals surface area contributed by atoms with E-state index >= 15 is 0 Å². The Labute approximate surface area is 243 Å². The number of rotatable bonds is 4. The highest BCUT2D eigenvalue weighted by Crippen LogP contribution is 2.36. The van der Waals surface area contributed by atoms with Gasteiger partial charge < -0.3 is 0 Å². The third-order valence-corrected chi connectivity index (χ3v) is 7.88. The van der Waals surface area contributed by atoms with Crippen molar-refractivity contribution in [3.05, 3.63) is 152 Å². The molecule has 0 N–H and O–H groups in total. The molecule has 0 aliphatic carbocycles. The molecule has 196 valence electrons. The quantitative estimate of drug-likeness (QED) is 0.211. The van der Waals surface area contributed by atoms with Crippen LogP contribution in [0.3, 0.4) is 0 Å². The van der Waals surface area contributed by atoms with Gasteiger partial charge in [0.2, 0.25) is 0 Å². The van der Waals surface area contributed by atoms with Gasteiger partial charge in [-0.05, 0) is 61.6 Å². The van der Waals surface area contributed by atoms with Crippen LogP contribution in [-0.4, -0.2) is 15.0 Å². The van der Waals surface area contributed by atoms with E-state index in [1.54, 1.807) is 0 Å². The van der Waals surface area contributed by atoms with E-state index in [2.05, 4.69) is 91.0 Å². The highest BCUT2D eigenvalue weighted by atomic mass is 15.0. The van der Waals surface area contributed by atoms with Gasteiger partial charge in [0.15, 0.2) is 17.5 Å². The van der Waals surface area contributed by atoms with Crippen LogP contribution < -0.4 is 0 Å². The summed E-state index contributed by atoms with van der Waals surface area (Å²) in [5, 5.41) is 7.39. The number of nitrogens with zero attached hydrogens (tertiary/aromatic N) is 3. The minimum Gasteiger partial charge on any atom is -0.208 e. The third-order valence-electron chi connectivity index (χ3n) is 7.88. The van der Waals surface area contributed by atoms with Gasteiger partial charge in [0.25, 0.3) is 0 Å². The van der Waals surface area contributed by atoms with Gasteiger partial charge in [0, 0.05) is 16.7 Å². The molecule has 0 atom stereocenters. The van der Waals surface area contributed by atoms with Crippen molar-refractivity contribution >= 4 is 32.3 Å². The minimum absolute atomic E-state index is 0.661. The van der Waals surface area contributed by atoms with Crippen LogP contribution in [0.25, 0.3) is 77.6 Å². The summed E-state index contributed by atoms with van der Waals surface area (Å²) in [6, 6.07) is 53.0. The van der Waals surface area contributed by atoms with E-state index in [1.165, 1.54) is 38.1 Å². The Bertz CT molecular complexity index is 2180. The summed E-state index contributed by atoms with van der Waals surface area (Å²) in [5.41, 5.74) is 5.34. The van der Waals surface area contributed by atoms with Crippen molar-refractivity contribution in [1.82, 2.24) is 15.0 Å². The first-order valence-electron chi connectivity index (χ1n) is 14.1. The van der Waals surface area contributed by atoms with Crippen molar-refractivity contribution in [2.75, 3.05) is 0 Å². The molecule has 0 saturated heterocycles. The highest BCUT2D eigenvalue weighted by Gasteiger charge is 2.13. The Kier molecular flexibility index (Phi) is 5.79. The van der Waals surface area contributed by atoms with Crippen molar-refractivity contribution in [2.45, 2.75) is 0 Å². The molecule has 0 spiro atoms. The van der Waals surface area contributed by atoms with Crippen molar-refractivity contribution in [1.29, 1.82) is 0 Å². The lowest BCUT2D eigenvalue weighted by Gasteiger charge is -2.12. The second kappa shape index (κ2) is 10.1. The van der Waals surface area contributed by atoms with Crippen molar-refractivity contribution in [2.24, 2.45) is 0 Å². The molecular formula is C39H25N3. The normalized spacial score (nSPS) is 11.3. The highest BCUT2D eigenvalue weighted by molar-refractivity contribution is 6.14. The Morgan fingerprint density at radius 2 is 0.762 bits per heavy atom. The molecule has 0 unspecified atom stereocenters. The number of fused-ring (bicyclic) bond motifs is 4. The molecule has 42 heavy (non-hydrogen) atoms. The molecule has 0 amide bonds. The Hall–Kier alpha value is -5.67. The van der Waals surface area contributed by atoms with Gasteiger partial charge in [-0.15, -0.1) is 0 Å². The molecule has 8 rings (SSSR count). The lowest BCUT2D eigenvalue weighted by molar-refractivity contribution is 1.07. The predicted octanol–water partition coefficient (Wildman–Crippen LogP) is 10.00. The molecule has 7 aromatic carbocycles. The SMILES string of the molecule is c1ccc(-c2nc(-c3ccccc3)nc(-c3ccc4cc(-c5cc6ccccc6c6ccccc56)ccc4c3)n2)cc1. The van der Waals surface area contributed by atoms with Gasteiger partial charge in [-0.1, -0.05) is 133 Å². The van der Waals surface area contributed by atoms with Crippen LogP contribution in [0.4, 0.5) is 0 Å². The van der Waals surface area contributed by atoms with Crippen LogP contribution in [0, 0.1) is 0 Å². The first-order valence-corrected chi connectivity index (χ1v) is 14.1. The lowest BCUT2D eigenvalue weighted by atomic mass is 9.92. The van der Waals surface area contributed by atoms with Crippen LogP contribution in [0.15, 0.2) is 152 Å².